The highest BCUT2D eigenvalue weighted by atomic mass is 16.3. The van der Waals surface area contributed by atoms with Gasteiger partial charge in [-0.3, -0.25) is 0 Å². The van der Waals surface area contributed by atoms with Crippen molar-refractivity contribution in [3.8, 4) is 22.3 Å². The van der Waals surface area contributed by atoms with Gasteiger partial charge in [0.1, 0.15) is 11.2 Å². The maximum absolute atomic E-state index is 6.36. The molecule has 8 aromatic carbocycles. The van der Waals surface area contributed by atoms with Gasteiger partial charge in [-0.25, -0.2) is 0 Å². The first-order valence-electron chi connectivity index (χ1n) is 16.3. The van der Waals surface area contributed by atoms with Crippen LogP contribution in [0.5, 0.6) is 0 Å². The van der Waals surface area contributed by atoms with Crippen LogP contribution in [0.4, 0.5) is 17.1 Å². The van der Waals surface area contributed by atoms with Crippen molar-refractivity contribution in [3.05, 3.63) is 158 Å². The molecule has 216 valence electrons. The van der Waals surface area contributed by atoms with E-state index in [-0.39, 0.29) is 6.71 Å². The number of fused-ring (bicyclic) bond motifs is 10. The summed E-state index contributed by atoms with van der Waals surface area (Å²) >= 11 is 0. The van der Waals surface area contributed by atoms with Crippen molar-refractivity contribution < 1.29 is 4.42 Å². The Labute approximate surface area is 272 Å². The second kappa shape index (κ2) is 9.25. The molecule has 2 nitrogen and oxygen atoms in total. The Morgan fingerprint density at radius 2 is 1.15 bits per heavy atom. The maximum atomic E-state index is 6.36. The van der Waals surface area contributed by atoms with E-state index < -0.39 is 0 Å². The average molecular weight is 596 g/mol. The predicted molar refractivity (Wildman–Crippen MR) is 199 cm³/mol. The molecule has 0 N–H and O–H groups in total. The fraction of sp³-hybridized carbons (Fsp3) is 0. The van der Waals surface area contributed by atoms with Crippen LogP contribution in [-0.2, 0) is 0 Å². The Morgan fingerprint density at radius 3 is 2.04 bits per heavy atom. The molecule has 1 aromatic heterocycles. The molecule has 47 heavy (non-hydrogen) atoms. The predicted octanol–water partition coefficient (Wildman–Crippen LogP) is 9.84. The van der Waals surface area contributed by atoms with Crippen LogP contribution in [0.2, 0.25) is 0 Å². The third-order valence-corrected chi connectivity index (χ3v) is 10.4. The van der Waals surface area contributed by atoms with Crippen molar-refractivity contribution in [3.63, 3.8) is 0 Å². The van der Waals surface area contributed by atoms with Crippen LogP contribution in [0.15, 0.2) is 162 Å². The lowest BCUT2D eigenvalue weighted by Crippen LogP contribution is -2.54. The third-order valence-electron chi connectivity index (χ3n) is 10.4. The lowest BCUT2D eigenvalue weighted by atomic mass is 9.37. The Balaban J connectivity index is 1.27. The topological polar surface area (TPSA) is 16.4 Å². The van der Waals surface area contributed by atoms with Crippen LogP contribution in [-0.4, -0.2) is 6.71 Å². The monoisotopic (exact) mass is 595 g/mol. The SMILES string of the molecule is c1ccc2c(c1)B1c3cc4ccccc4cc3N(c3ccc4ccccc4c3)c3cc(-c4cccc5oc6ccccc6c45)cc-2c31. The molecular formula is C44H26BNO. The van der Waals surface area contributed by atoms with E-state index in [0.29, 0.717) is 0 Å². The Morgan fingerprint density at radius 1 is 0.447 bits per heavy atom. The molecule has 0 unspecified atom stereocenters. The van der Waals surface area contributed by atoms with Gasteiger partial charge in [-0.15, -0.1) is 0 Å². The highest BCUT2D eigenvalue weighted by Crippen LogP contribution is 2.46. The number of benzene rings is 8. The van der Waals surface area contributed by atoms with E-state index in [9.17, 15) is 0 Å². The van der Waals surface area contributed by atoms with Gasteiger partial charge in [0.25, 0.3) is 0 Å². The zero-order chi connectivity index (χ0) is 30.6. The average Bonchev–Trinajstić information content (AvgIpc) is 3.68. The fourth-order valence-electron chi connectivity index (χ4n) is 8.39. The number of hydrogen-bond acceptors (Lipinski definition) is 2. The van der Waals surface area contributed by atoms with E-state index in [0.717, 1.165) is 21.9 Å². The van der Waals surface area contributed by atoms with Gasteiger partial charge in [0.15, 0.2) is 0 Å². The minimum atomic E-state index is 0.159. The second-order valence-electron chi connectivity index (χ2n) is 12.9. The normalized spacial score (nSPS) is 13.0. The van der Waals surface area contributed by atoms with Crippen molar-refractivity contribution in [1.82, 2.24) is 0 Å². The standard InChI is InChI=1S/C44H26BNO/c1-2-11-28-22-32(21-20-27(28)10-1)46-39-25-30-13-4-3-12-29(30)24-38(39)45-37-17-7-5-14-34(37)36-23-31(26-40(46)44(36)45)33-16-9-19-42-43(33)35-15-6-8-18-41(35)47-42/h1-26H. The lowest BCUT2D eigenvalue weighted by molar-refractivity contribution is 0.669. The van der Waals surface area contributed by atoms with Crippen molar-refractivity contribution in [2.45, 2.75) is 0 Å². The highest BCUT2D eigenvalue weighted by molar-refractivity contribution is 7.01. The van der Waals surface area contributed by atoms with Gasteiger partial charge in [0.05, 0.1) is 0 Å². The molecule has 0 amide bonds. The molecule has 0 radical (unpaired) electrons. The molecule has 11 rings (SSSR count). The van der Waals surface area contributed by atoms with Crippen LogP contribution in [0, 0.1) is 0 Å². The minimum Gasteiger partial charge on any atom is -0.456 e. The molecular weight excluding hydrogens is 569 g/mol. The zero-order valence-corrected chi connectivity index (χ0v) is 25.4. The summed E-state index contributed by atoms with van der Waals surface area (Å²) in [6, 6.07) is 57.9. The third kappa shape index (κ3) is 3.46. The first-order valence-corrected chi connectivity index (χ1v) is 16.3. The summed E-state index contributed by atoms with van der Waals surface area (Å²) in [6.07, 6.45) is 0. The lowest BCUT2D eigenvalue weighted by Gasteiger charge is -2.37. The number of rotatable bonds is 2. The van der Waals surface area contributed by atoms with Crippen LogP contribution in [0.1, 0.15) is 0 Å². The molecule has 2 aliphatic heterocycles. The highest BCUT2D eigenvalue weighted by Gasteiger charge is 2.43. The maximum Gasteiger partial charge on any atom is 0.248 e. The molecule has 9 aromatic rings. The van der Waals surface area contributed by atoms with Crippen molar-refractivity contribution in [2.24, 2.45) is 0 Å². The van der Waals surface area contributed by atoms with Crippen LogP contribution in [0.3, 0.4) is 0 Å². The molecule has 0 fully saturated rings. The van der Waals surface area contributed by atoms with E-state index in [1.54, 1.807) is 0 Å². The Bertz CT molecular complexity index is 2770. The van der Waals surface area contributed by atoms with Gasteiger partial charge in [0, 0.05) is 27.8 Å². The molecule has 3 heterocycles. The molecule has 0 saturated heterocycles. The summed E-state index contributed by atoms with van der Waals surface area (Å²) in [5.41, 5.74) is 14.6. The smallest absolute Gasteiger partial charge is 0.248 e. The molecule has 0 bridgehead atoms. The number of anilines is 3. The van der Waals surface area contributed by atoms with E-state index in [2.05, 4.69) is 157 Å². The zero-order valence-electron chi connectivity index (χ0n) is 25.4. The summed E-state index contributed by atoms with van der Waals surface area (Å²) in [7, 11) is 0. The number of nitrogens with zero attached hydrogens (tertiary/aromatic N) is 1. The first-order chi connectivity index (χ1) is 23.3. The van der Waals surface area contributed by atoms with Crippen molar-refractivity contribution in [2.75, 3.05) is 4.90 Å². The van der Waals surface area contributed by atoms with Crippen LogP contribution >= 0.6 is 0 Å². The molecule has 0 saturated carbocycles. The van der Waals surface area contributed by atoms with E-state index in [4.69, 9.17) is 4.42 Å². The van der Waals surface area contributed by atoms with E-state index >= 15 is 0 Å². The van der Waals surface area contributed by atoms with Gasteiger partial charge in [0.2, 0.25) is 6.71 Å². The van der Waals surface area contributed by atoms with Crippen LogP contribution in [0.25, 0.3) is 65.7 Å². The van der Waals surface area contributed by atoms with Crippen molar-refractivity contribution >= 4 is 83.6 Å². The second-order valence-corrected chi connectivity index (χ2v) is 12.9. The molecule has 0 atom stereocenters. The Kier molecular flexibility index (Phi) is 4.95. The van der Waals surface area contributed by atoms with Gasteiger partial charge in [-0.2, -0.15) is 0 Å². The largest absolute Gasteiger partial charge is 0.456 e. The quantitative estimate of drug-likeness (QED) is 0.185. The van der Waals surface area contributed by atoms with Gasteiger partial charge < -0.3 is 9.32 Å². The number of para-hydroxylation sites is 1. The summed E-state index contributed by atoms with van der Waals surface area (Å²) in [6.45, 7) is 0.159. The molecule has 0 aliphatic carbocycles. The van der Waals surface area contributed by atoms with Gasteiger partial charge in [-0.05, 0) is 97.2 Å². The minimum absolute atomic E-state index is 0.159. The van der Waals surface area contributed by atoms with E-state index in [1.165, 1.54) is 77.2 Å². The van der Waals surface area contributed by atoms with Crippen LogP contribution < -0.4 is 21.3 Å². The van der Waals surface area contributed by atoms with Crippen molar-refractivity contribution in [1.29, 1.82) is 0 Å². The summed E-state index contributed by atoms with van der Waals surface area (Å²) in [5.74, 6) is 0. The molecule has 0 spiro atoms. The number of hydrogen-bond donors (Lipinski definition) is 0. The number of furan rings is 1. The molecule has 3 heteroatoms. The molecule has 2 aliphatic rings. The fourth-order valence-corrected chi connectivity index (χ4v) is 8.39. The first kappa shape index (κ1) is 25.2. The summed E-state index contributed by atoms with van der Waals surface area (Å²) in [4.78, 5) is 2.52. The van der Waals surface area contributed by atoms with Gasteiger partial charge >= 0.3 is 0 Å². The van der Waals surface area contributed by atoms with Gasteiger partial charge in [-0.1, -0.05) is 121 Å². The summed E-state index contributed by atoms with van der Waals surface area (Å²) < 4.78 is 6.36. The Hall–Kier alpha value is -6.06. The summed E-state index contributed by atoms with van der Waals surface area (Å²) in [5, 5.41) is 7.31. The van der Waals surface area contributed by atoms with E-state index in [1.807, 2.05) is 6.07 Å².